The van der Waals surface area contributed by atoms with Gasteiger partial charge >= 0.3 is 0 Å². The lowest BCUT2D eigenvalue weighted by Gasteiger charge is -2.07. The van der Waals surface area contributed by atoms with Crippen LogP contribution in [0.3, 0.4) is 0 Å². The minimum absolute atomic E-state index is 0.487. The second-order valence-corrected chi connectivity index (χ2v) is 3.95. The van der Waals surface area contributed by atoms with Crippen LogP contribution in [0.25, 0.3) is 0 Å². The second-order valence-electron chi connectivity index (χ2n) is 3.95. The van der Waals surface area contributed by atoms with E-state index < -0.39 is 0 Å². The number of nitrogen functional groups attached to an aromatic ring is 1. The third kappa shape index (κ3) is 2.58. The maximum Gasteiger partial charge on any atom is 0.134 e. The van der Waals surface area contributed by atoms with Crippen LogP contribution in [0, 0.1) is 11.3 Å². The van der Waals surface area contributed by atoms with Crippen molar-refractivity contribution in [3.05, 3.63) is 35.9 Å². The van der Waals surface area contributed by atoms with Crippen LogP contribution in [0.5, 0.6) is 0 Å². The molecule has 1 aromatic carbocycles. The number of nitriles is 1. The Balaban J connectivity index is 1.93. The topological polar surface area (TPSA) is 92.5 Å². The smallest absolute Gasteiger partial charge is 0.134 e. The Morgan fingerprint density at radius 1 is 1.50 bits per heavy atom. The summed E-state index contributed by atoms with van der Waals surface area (Å²) in [5.74, 6) is 0.920. The first-order valence-electron chi connectivity index (χ1n) is 5.57. The van der Waals surface area contributed by atoms with E-state index in [1.165, 1.54) is 0 Å². The van der Waals surface area contributed by atoms with E-state index in [4.69, 9.17) is 11.0 Å². The molecule has 0 aliphatic carbocycles. The van der Waals surface area contributed by atoms with E-state index in [9.17, 15) is 0 Å². The third-order valence-electron chi connectivity index (χ3n) is 2.65. The van der Waals surface area contributed by atoms with Gasteiger partial charge in [0, 0.05) is 25.7 Å². The number of rotatable bonds is 4. The molecule has 0 radical (unpaired) electrons. The number of aryl methyl sites for hydroxylation is 1. The maximum absolute atomic E-state index is 8.77. The zero-order valence-electron chi connectivity index (χ0n) is 10.1. The fourth-order valence-corrected chi connectivity index (χ4v) is 1.63. The van der Waals surface area contributed by atoms with Gasteiger partial charge in [-0.05, 0) is 18.2 Å². The molecular formula is C12H14N6. The molecule has 0 unspecified atom stereocenters. The predicted octanol–water partition coefficient (Wildman–Crippen LogP) is 0.924. The molecule has 0 fully saturated rings. The van der Waals surface area contributed by atoms with Crippen LogP contribution in [0.4, 0.5) is 11.4 Å². The molecule has 2 rings (SSSR count). The number of nitrogens with one attached hydrogen (secondary N) is 1. The first-order valence-corrected chi connectivity index (χ1v) is 5.57. The Hall–Kier alpha value is -2.55. The minimum atomic E-state index is 0.487. The fourth-order valence-electron chi connectivity index (χ4n) is 1.63. The largest absolute Gasteiger partial charge is 0.398 e. The third-order valence-corrected chi connectivity index (χ3v) is 2.65. The lowest BCUT2D eigenvalue weighted by atomic mass is 10.2. The van der Waals surface area contributed by atoms with E-state index >= 15 is 0 Å². The zero-order valence-corrected chi connectivity index (χ0v) is 10.1. The predicted molar refractivity (Wildman–Crippen MR) is 68.8 cm³/mol. The normalized spacial score (nSPS) is 10.0. The van der Waals surface area contributed by atoms with Crippen LogP contribution in [-0.4, -0.2) is 21.3 Å². The average molecular weight is 242 g/mol. The monoisotopic (exact) mass is 242 g/mol. The van der Waals surface area contributed by atoms with Crippen molar-refractivity contribution >= 4 is 11.4 Å². The van der Waals surface area contributed by atoms with Crippen molar-refractivity contribution in [1.82, 2.24) is 14.8 Å². The molecule has 0 spiro atoms. The number of hydrogen-bond acceptors (Lipinski definition) is 5. The molecule has 18 heavy (non-hydrogen) atoms. The van der Waals surface area contributed by atoms with E-state index in [0.29, 0.717) is 11.3 Å². The van der Waals surface area contributed by atoms with Crippen LogP contribution >= 0.6 is 0 Å². The molecule has 1 aromatic heterocycles. The minimum Gasteiger partial charge on any atom is -0.398 e. The van der Waals surface area contributed by atoms with E-state index in [1.54, 1.807) is 18.5 Å². The summed E-state index contributed by atoms with van der Waals surface area (Å²) >= 11 is 0. The summed E-state index contributed by atoms with van der Waals surface area (Å²) in [6.07, 6.45) is 2.45. The van der Waals surface area contributed by atoms with E-state index in [-0.39, 0.29) is 0 Å². The number of anilines is 2. The summed E-state index contributed by atoms with van der Waals surface area (Å²) in [4.78, 5) is 0. The number of nitrogens with two attached hydrogens (primary N) is 1. The van der Waals surface area contributed by atoms with Crippen molar-refractivity contribution in [2.75, 3.05) is 17.6 Å². The number of nitrogens with zero attached hydrogens (tertiary/aromatic N) is 4. The lowest BCUT2D eigenvalue weighted by Crippen LogP contribution is -2.09. The Kier molecular flexibility index (Phi) is 3.44. The van der Waals surface area contributed by atoms with Gasteiger partial charge in [0.05, 0.1) is 11.3 Å². The van der Waals surface area contributed by atoms with Crippen molar-refractivity contribution < 1.29 is 0 Å². The van der Waals surface area contributed by atoms with Crippen LogP contribution in [-0.2, 0) is 13.5 Å². The first-order chi connectivity index (χ1) is 8.70. The lowest BCUT2D eigenvalue weighted by molar-refractivity contribution is 0.788. The van der Waals surface area contributed by atoms with Gasteiger partial charge in [0.2, 0.25) is 0 Å². The van der Waals surface area contributed by atoms with Gasteiger partial charge < -0.3 is 15.6 Å². The Morgan fingerprint density at radius 3 is 2.94 bits per heavy atom. The van der Waals surface area contributed by atoms with Gasteiger partial charge in [-0.3, -0.25) is 0 Å². The van der Waals surface area contributed by atoms with Gasteiger partial charge in [0.15, 0.2) is 0 Å². The molecule has 0 aliphatic rings. The van der Waals surface area contributed by atoms with Crippen molar-refractivity contribution in [2.45, 2.75) is 6.42 Å². The van der Waals surface area contributed by atoms with Crippen molar-refractivity contribution in [3.8, 4) is 6.07 Å². The average Bonchev–Trinajstić information content (AvgIpc) is 2.75. The Morgan fingerprint density at radius 2 is 2.33 bits per heavy atom. The van der Waals surface area contributed by atoms with Crippen LogP contribution in [0.2, 0.25) is 0 Å². The fraction of sp³-hybridized carbons (Fsp3) is 0.250. The molecular weight excluding hydrogens is 228 g/mol. The maximum atomic E-state index is 8.77. The quantitative estimate of drug-likeness (QED) is 0.778. The van der Waals surface area contributed by atoms with Gasteiger partial charge in [-0.25, -0.2) is 0 Å². The van der Waals surface area contributed by atoms with Crippen molar-refractivity contribution in [1.29, 1.82) is 5.26 Å². The molecule has 2 aromatic rings. The highest BCUT2D eigenvalue weighted by Gasteiger charge is 2.02. The number of hydrogen-bond donors (Lipinski definition) is 2. The van der Waals surface area contributed by atoms with Gasteiger partial charge in [0.25, 0.3) is 0 Å². The second kappa shape index (κ2) is 5.19. The standard InChI is InChI=1S/C12H14N6/c1-18-8-16-17-12(18)4-5-15-10-3-2-9(7-13)11(14)6-10/h2-3,6,8,15H,4-5,14H2,1H3. The van der Waals surface area contributed by atoms with Crippen molar-refractivity contribution in [2.24, 2.45) is 7.05 Å². The molecule has 3 N–H and O–H groups in total. The van der Waals surface area contributed by atoms with Gasteiger partial charge in [0.1, 0.15) is 18.2 Å². The first kappa shape index (κ1) is 11.9. The highest BCUT2D eigenvalue weighted by Crippen LogP contribution is 2.16. The Bertz CT molecular complexity index is 580. The van der Waals surface area contributed by atoms with E-state index in [2.05, 4.69) is 15.5 Å². The van der Waals surface area contributed by atoms with Crippen LogP contribution in [0.15, 0.2) is 24.5 Å². The molecule has 0 saturated heterocycles. The van der Waals surface area contributed by atoms with Crippen molar-refractivity contribution in [3.63, 3.8) is 0 Å². The Labute approximate surface area is 105 Å². The summed E-state index contributed by atoms with van der Waals surface area (Å²) in [7, 11) is 1.91. The zero-order chi connectivity index (χ0) is 13.0. The molecule has 0 aliphatic heterocycles. The molecule has 92 valence electrons. The molecule has 0 atom stereocenters. The van der Waals surface area contributed by atoms with Gasteiger partial charge in [-0.1, -0.05) is 0 Å². The molecule has 0 bridgehead atoms. The highest BCUT2D eigenvalue weighted by atomic mass is 15.2. The molecule has 0 saturated carbocycles. The van der Waals surface area contributed by atoms with Gasteiger partial charge in [-0.2, -0.15) is 5.26 Å². The number of aromatic nitrogens is 3. The summed E-state index contributed by atoms with van der Waals surface area (Å²) in [5, 5.41) is 19.8. The summed E-state index contributed by atoms with van der Waals surface area (Å²) < 4.78 is 1.88. The van der Waals surface area contributed by atoms with Crippen LogP contribution < -0.4 is 11.1 Å². The van der Waals surface area contributed by atoms with E-state index in [0.717, 1.165) is 24.5 Å². The summed E-state index contributed by atoms with van der Waals surface area (Å²) in [6, 6.07) is 7.34. The molecule has 1 heterocycles. The SMILES string of the molecule is Cn1cnnc1CCNc1ccc(C#N)c(N)c1. The molecule has 0 amide bonds. The number of benzene rings is 1. The molecule has 6 heteroatoms. The van der Waals surface area contributed by atoms with E-state index in [1.807, 2.05) is 23.8 Å². The van der Waals surface area contributed by atoms with Crippen LogP contribution in [0.1, 0.15) is 11.4 Å². The summed E-state index contributed by atoms with van der Waals surface area (Å²) in [6.45, 7) is 0.734. The molecule has 6 nitrogen and oxygen atoms in total. The van der Waals surface area contributed by atoms with Gasteiger partial charge in [-0.15, -0.1) is 10.2 Å². The highest BCUT2D eigenvalue weighted by molar-refractivity contribution is 5.62. The summed E-state index contributed by atoms with van der Waals surface area (Å²) in [5.41, 5.74) is 7.61.